The number of methoxy groups -OCH3 is 1. The number of anilines is 1. The molecular weight excluding hydrogens is 309 g/mol. The Hall–Kier alpha value is -1.47. The highest BCUT2D eigenvalue weighted by atomic mass is 35.5. The van der Waals surface area contributed by atoms with Crippen LogP contribution in [0.5, 0.6) is 0 Å². The van der Waals surface area contributed by atoms with Crippen LogP contribution in [0.25, 0.3) is 0 Å². The predicted molar refractivity (Wildman–Crippen MR) is 74.4 cm³/mol. The van der Waals surface area contributed by atoms with Gasteiger partial charge in [-0.25, -0.2) is 0 Å². The molecule has 0 aliphatic heterocycles. The lowest BCUT2D eigenvalue weighted by Crippen LogP contribution is -2.28. The van der Waals surface area contributed by atoms with E-state index in [1.165, 1.54) is 19.2 Å². The maximum absolute atomic E-state index is 12.8. The topological polar surface area (TPSA) is 50.4 Å². The van der Waals surface area contributed by atoms with Crippen molar-refractivity contribution in [2.24, 2.45) is 0 Å². The molecule has 0 heterocycles. The van der Waals surface area contributed by atoms with E-state index >= 15 is 0 Å². The van der Waals surface area contributed by atoms with Gasteiger partial charge in [0.25, 0.3) is 0 Å². The molecule has 0 aliphatic rings. The number of nitrogens with one attached hydrogen (secondary N) is 2. The Morgan fingerprint density at radius 2 is 2.05 bits per heavy atom. The van der Waals surface area contributed by atoms with Crippen LogP contribution in [0, 0.1) is 0 Å². The van der Waals surface area contributed by atoms with Gasteiger partial charge in [0, 0.05) is 37.3 Å². The smallest absolute Gasteiger partial charge is 0.384 e. The second-order valence-electron chi connectivity index (χ2n) is 4.21. The monoisotopic (exact) mass is 324 g/mol. The van der Waals surface area contributed by atoms with Crippen molar-refractivity contribution in [3.8, 4) is 0 Å². The molecule has 1 aromatic rings. The zero-order chi connectivity index (χ0) is 15.9. The van der Waals surface area contributed by atoms with Crippen LogP contribution in [0.2, 0.25) is 5.02 Å². The molecule has 0 fully saturated rings. The third-order valence-electron chi connectivity index (χ3n) is 2.58. The second kappa shape index (κ2) is 8.09. The summed E-state index contributed by atoms with van der Waals surface area (Å²) in [6, 6.07) is 3.45. The normalized spacial score (nSPS) is 11.3. The Labute approximate surface area is 125 Å². The minimum absolute atomic E-state index is 0.00480. The maximum atomic E-state index is 12.8. The molecule has 0 bridgehead atoms. The summed E-state index contributed by atoms with van der Waals surface area (Å²) >= 11 is 5.57. The molecule has 0 atom stereocenters. The minimum atomic E-state index is -4.51. The lowest BCUT2D eigenvalue weighted by Gasteiger charge is -2.14. The van der Waals surface area contributed by atoms with Crippen molar-refractivity contribution in [3.05, 3.63) is 28.8 Å². The first-order chi connectivity index (χ1) is 9.84. The van der Waals surface area contributed by atoms with E-state index in [2.05, 4.69) is 10.6 Å². The van der Waals surface area contributed by atoms with E-state index in [1.54, 1.807) is 0 Å². The van der Waals surface area contributed by atoms with Gasteiger partial charge >= 0.3 is 6.18 Å². The van der Waals surface area contributed by atoms with Gasteiger partial charge in [0.05, 0.1) is 12.2 Å². The minimum Gasteiger partial charge on any atom is -0.384 e. The number of amides is 1. The van der Waals surface area contributed by atoms with Crippen molar-refractivity contribution in [1.82, 2.24) is 5.32 Å². The van der Waals surface area contributed by atoms with Crippen molar-refractivity contribution in [2.75, 3.05) is 32.1 Å². The summed E-state index contributed by atoms with van der Waals surface area (Å²) in [6.07, 6.45) is -4.45. The molecule has 0 aliphatic carbocycles. The molecule has 0 aromatic heterocycles. The van der Waals surface area contributed by atoms with Gasteiger partial charge < -0.3 is 15.4 Å². The fourth-order valence-corrected chi connectivity index (χ4v) is 1.77. The Balaban J connectivity index is 2.54. The molecule has 118 valence electrons. The predicted octanol–water partition coefficient (Wildman–Crippen LogP) is 2.92. The van der Waals surface area contributed by atoms with Crippen LogP contribution in [0.15, 0.2) is 18.2 Å². The van der Waals surface area contributed by atoms with E-state index in [1.807, 2.05) is 0 Å². The van der Waals surface area contributed by atoms with E-state index in [-0.39, 0.29) is 29.6 Å². The SMILES string of the molecule is COCCNC(=O)CCNc1ccc(Cl)cc1C(F)(F)F. The van der Waals surface area contributed by atoms with E-state index in [0.29, 0.717) is 13.2 Å². The number of hydrogen-bond donors (Lipinski definition) is 2. The summed E-state index contributed by atoms with van der Waals surface area (Å²) < 4.78 is 43.2. The maximum Gasteiger partial charge on any atom is 0.418 e. The number of rotatable bonds is 7. The summed E-state index contributed by atoms with van der Waals surface area (Å²) in [5, 5.41) is 5.18. The van der Waals surface area contributed by atoms with Crippen molar-refractivity contribution < 1.29 is 22.7 Å². The van der Waals surface area contributed by atoms with Gasteiger partial charge in [-0.1, -0.05) is 11.6 Å². The van der Waals surface area contributed by atoms with Crippen molar-refractivity contribution in [3.63, 3.8) is 0 Å². The highest BCUT2D eigenvalue weighted by Crippen LogP contribution is 2.36. The number of alkyl halides is 3. The lowest BCUT2D eigenvalue weighted by molar-refractivity contribution is -0.137. The lowest BCUT2D eigenvalue weighted by atomic mass is 10.1. The molecule has 1 rings (SSSR count). The van der Waals surface area contributed by atoms with Gasteiger partial charge in [-0.3, -0.25) is 4.79 Å². The Morgan fingerprint density at radius 3 is 2.67 bits per heavy atom. The fraction of sp³-hybridized carbons (Fsp3) is 0.462. The van der Waals surface area contributed by atoms with Crippen LogP contribution in [-0.2, 0) is 15.7 Å². The molecule has 1 amide bonds. The zero-order valence-corrected chi connectivity index (χ0v) is 12.1. The molecule has 2 N–H and O–H groups in total. The van der Waals surface area contributed by atoms with Gasteiger partial charge in [-0.05, 0) is 18.2 Å². The third kappa shape index (κ3) is 6.22. The largest absolute Gasteiger partial charge is 0.418 e. The quantitative estimate of drug-likeness (QED) is 0.758. The average Bonchev–Trinajstić information content (AvgIpc) is 2.39. The number of ether oxygens (including phenoxy) is 1. The summed E-state index contributed by atoms with van der Waals surface area (Å²) in [6.45, 7) is 0.835. The average molecular weight is 325 g/mol. The number of hydrogen-bond acceptors (Lipinski definition) is 3. The van der Waals surface area contributed by atoms with Crippen LogP contribution in [0.4, 0.5) is 18.9 Å². The molecule has 0 spiro atoms. The molecule has 0 saturated heterocycles. The van der Waals surface area contributed by atoms with Crippen LogP contribution < -0.4 is 10.6 Å². The molecule has 0 saturated carbocycles. The highest BCUT2D eigenvalue weighted by Gasteiger charge is 2.33. The molecule has 1 aromatic carbocycles. The first-order valence-electron chi connectivity index (χ1n) is 6.21. The molecule has 0 radical (unpaired) electrons. The van der Waals surface area contributed by atoms with E-state index in [9.17, 15) is 18.0 Å². The van der Waals surface area contributed by atoms with Crippen molar-refractivity contribution in [2.45, 2.75) is 12.6 Å². The molecular formula is C13H16ClF3N2O2. The fourth-order valence-electron chi connectivity index (χ4n) is 1.60. The third-order valence-corrected chi connectivity index (χ3v) is 2.82. The van der Waals surface area contributed by atoms with Crippen LogP contribution in [-0.4, -0.2) is 32.7 Å². The van der Waals surface area contributed by atoms with Crippen molar-refractivity contribution in [1.29, 1.82) is 0 Å². The van der Waals surface area contributed by atoms with Crippen LogP contribution in [0.1, 0.15) is 12.0 Å². The van der Waals surface area contributed by atoms with E-state index < -0.39 is 11.7 Å². The first kappa shape index (κ1) is 17.6. The summed E-state index contributed by atoms with van der Waals surface area (Å²) in [7, 11) is 1.51. The number of halogens is 4. The van der Waals surface area contributed by atoms with Crippen LogP contribution in [0.3, 0.4) is 0 Å². The Morgan fingerprint density at radius 1 is 1.33 bits per heavy atom. The van der Waals surface area contributed by atoms with Gasteiger partial charge in [0.2, 0.25) is 5.91 Å². The first-order valence-corrected chi connectivity index (χ1v) is 6.58. The highest BCUT2D eigenvalue weighted by molar-refractivity contribution is 6.30. The van der Waals surface area contributed by atoms with Gasteiger partial charge in [-0.2, -0.15) is 13.2 Å². The van der Waals surface area contributed by atoms with Gasteiger partial charge in [0.1, 0.15) is 0 Å². The molecule has 0 unspecified atom stereocenters. The zero-order valence-electron chi connectivity index (χ0n) is 11.4. The summed E-state index contributed by atoms with van der Waals surface area (Å²) in [5.41, 5.74) is -0.952. The van der Waals surface area contributed by atoms with E-state index in [0.717, 1.165) is 6.07 Å². The number of carbonyl (C=O) groups excluding carboxylic acids is 1. The Bertz CT molecular complexity index is 481. The van der Waals surface area contributed by atoms with Crippen molar-refractivity contribution >= 4 is 23.2 Å². The standard InChI is InChI=1S/C13H16ClF3N2O2/c1-21-7-6-19-12(20)4-5-18-11-3-2-9(14)8-10(11)13(15,16)17/h2-3,8,18H,4-7H2,1H3,(H,19,20). The van der Waals surface area contributed by atoms with E-state index in [4.69, 9.17) is 16.3 Å². The van der Waals surface area contributed by atoms with Gasteiger partial charge in [-0.15, -0.1) is 0 Å². The molecule has 4 nitrogen and oxygen atoms in total. The van der Waals surface area contributed by atoms with Gasteiger partial charge in [0.15, 0.2) is 0 Å². The summed E-state index contributed by atoms with van der Waals surface area (Å²) in [4.78, 5) is 11.4. The number of carbonyl (C=O) groups is 1. The summed E-state index contributed by atoms with van der Waals surface area (Å²) in [5.74, 6) is -0.262. The molecule has 21 heavy (non-hydrogen) atoms. The van der Waals surface area contributed by atoms with Crippen LogP contribution >= 0.6 is 11.6 Å². The Kier molecular flexibility index (Phi) is 6.77. The number of benzene rings is 1. The second-order valence-corrected chi connectivity index (χ2v) is 4.64. The molecule has 8 heteroatoms.